The first-order valence-corrected chi connectivity index (χ1v) is 12.5. The Hall–Kier alpha value is -2.70. The summed E-state index contributed by atoms with van der Waals surface area (Å²) in [6.45, 7) is 6.64. The van der Waals surface area contributed by atoms with E-state index in [-0.39, 0.29) is 22.3 Å². The molecule has 0 spiro atoms. The number of sulfonamides is 1. The highest BCUT2D eigenvalue weighted by molar-refractivity contribution is 7.89. The summed E-state index contributed by atoms with van der Waals surface area (Å²) in [4.78, 5) is 33.0. The van der Waals surface area contributed by atoms with E-state index in [4.69, 9.17) is 16.3 Å². The number of pyridine rings is 1. The van der Waals surface area contributed by atoms with Crippen molar-refractivity contribution in [3.8, 4) is 10.4 Å². The number of carboxylic acids is 1. The lowest BCUT2D eigenvalue weighted by Crippen LogP contribution is -2.53. The number of aromatic carboxylic acids is 1. The number of carbonyl (C=O) groups excluding carboxylic acids is 1. The predicted molar refractivity (Wildman–Crippen MR) is 125 cm³/mol. The van der Waals surface area contributed by atoms with Crippen molar-refractivity contribution in [2.24, 2.45) is 4.99 Å². The summed E-state index contributed by atoms with van der Waals surface area (Å²) in [5.41, 5.74) is -1.57. The molecule has 178 valence electrons. The number of hydrogen-bond acceptors (Lipinski definition) is 8. The van der Waals surface area contributed by atoms with E-state index in [1.54, 1.807) is 33.8 Å². The van der Waals surface area contributed by atoms with Crippen molar-refractivity contribution in [1.82, 2.24) is 14.6 Å². The van der Waals surface area contributed by atoms with Crippen LogP contribution in [0.4, 0.5) is 4.79 Å². The highest BCUT2D eigenvalue weighted by Gasteiger charge is 2.44. The van der Waals surface area contributed by atoms with Crippen molar-refractivity contribution < 1.29 is 27.9 Å². The molecule has 2 aromatic heterocycles. The predicted octanol–water partition coefficient (Wildman–Crippen LogP) is 3.53. The molecule has 2 aromatic rings. The number of nitrogens with zero attached hydrogens (tertiary/aromatic N) is 3. The van der Waals surface area contributed by atoms with Gasteiger partial charge >= 0.3 is 12.1 Å². The van der Waals surface area contributed by atoms with Crippen LogP contribution in [0.25, 0.3) is 10.4 Å². The third kappa shape index (κ3) is 5.45. The molecule has 1 aliphatic heterocycles. The van der Waals surface area contributed by atoms with Crippen LogP contribution >= 0.6 is 22.9 Å². The number of guanidine groups is 1. The lowest BCUT2D eigenvalue weighted by molar-refractivity contribution is 0.0558. The van der Waals surface area contributed by atoms with Gasteiger partial charge in [0, 0.05) is 29.9 Å². The van der Waals surface area contributed by atoms with Crippen molar-refractivity contribution in [2.45, 2.75) is 38.8 Å². The molecular weight excluding hydrogens is 492 g/mol. The van der Waals surface area contributed by atoms with E-state index in [9.17, 15) is 23.1 Å². The van der Waals surface area contributed by atoms with E-state index in [2.05, 4.69) is 15.3 Å². The van der Waals surface area contributed by atoms with E-state index in [1.165, 1.54) is 36.8 Å². The SMILES string of the molecule is CN1C(NC(=O)OC(C)(C)C)=NC(C)(c2sc(-c3cncc(C(=O)O)c3)cc2Cl)CS1(=O)=O. The largest absolute Gasteiger partial charge is 0.478 e. The second kappa shape index (κ2) is 8.58. The van der Waals surface area contributed by atoms with Crippen LogP contribution in [-0.4, -0.2) is 59.2 Å². The molecule has 3 heterocycles. The highest BCUT2D eigenvalue weighted by atomic mass is 35.5. The lowest BCUT2D eigenvalue weighted by atomic mass is 10.0. The fourth-order valence-corrected chi connectivity index (χ4v) is 6.28. The smallest absolute Gasteiger partial charge is 0.414 e. The van der Waals surface area contributed by atoms with Gasteiger partial charge in [-0.3, -0.25) is 10.3 Å². The number of aliphatic imine (C=N–C) groups is 1. The summed E-state index contributed by atoms with van der Waals surface area (Å²) >= 11 is 7.65. The van der Waals surface area contributed by atoms with Gasteiger partial charge in [0.2, 0.25) is 16.0 Å². The zero-order chi connectivity index (χ0) is 24.8. The standard InChI is InChI=1S/C20H23ClN4O6S2/c1-19(2,3)31-18(28)23-17-24-20(4,10-33(29,30)25(17)5)15-13(21)7-14(32-15)11-6-12(16(26)27)9-22-8-11/h6-9H,10H2,1-5H3,(H,26,27)(H,23,24,28). The van der Waals surface area contributed by atoms with Gasteiger partial charge in [-0.05, 0) is 39.8 Å². The number of thiophene rings is 1. The van der Waals surface area contributed by atoms with E-state index in [1.807, 2.05) is 0 Å². The Labute approximate surface area is 200 Å². The Morgan fingerprint density at radius 1 is 1.30 bits per heavy atom. The van der Waals surface area contributed by atoms with Gasteiger partial charge in [0.1, 0.15) is 11.1 Å². The average Bonchev–Trinajstić information content (AvgIpc) is 3.07. The molecule has 1 atom stereocenters. The van der Waals surface area contributed by atoms with Crippen LogP contribution in [0, 0.1) is 0 Å². The van der Waals surface area contributed by atoms with Gasteiger partial charge in [-0.15, -0.1) is 11.3 Å². The first-order valence-electron chi connectivity index (χ1n) is 9.66. The van der Waals surface area contributed by atoms with Gasteiger partial charge < -0.3 is 9.84 Å². The molecule has 0 aliphatic carbocycles. The van der Waals surface area contributed by atoms with Crippen LogP contribution < -0.4 is 5.32 Å². The zero-order valence-corrected chi connectivity index (χ0v) is 20.9. The minimum absolute atomic E-state index is 0.00789. The molecule has 2 N–H and O–H groups in total. The van der Waals surface area contributed by atoms with E-state index >= 15 is 0 Å². The molecule has 0 fully saturated rings. The van der Waals surface area contributed by atoms with Gasteiger partial charge in [-0.2, -0.15) is 0 Å². The Morgan fingerprint density at radius 3 is 2.58 bits per heavy atom. The van der Waals surface area contributed by atoms with Crippen LogP contribution in [0.5, 0.6) is 0 Å². The Morgan fingerprint density at radius 2 is 1.97 bits per heavy atom. The second-order valence-corrected chi connectivity index (χ2v) is 12.1. The van der Waals surface area contributed by atoms with Gasteiger partial charge in [0.05, 0.1) is 21.2 Å². The van der Waals surface area contributed by atoms with Crippen LogP contribution in [0.15, 0.2) is 29.5 Å². The summed E-state index contributed by atoms with van der Waals surface area (Å²) in [6.07, 6.45) is 1.87. The molecular formula is C20H23ClN4O6S2. The fourth-order valence-electron chi connectivity index (χ4n) is 3.11. The normalized spacial score (nSPS) is 20.2. The molecule has 33 heavy (non-hydrogen) atoms. The molecule has 1 aliphatic rings. The zero-order valence-electron chi connectivity index (χ0n) is 18.5. The number of aromatic nitrogens is 1. The number of ether oxygens (including phenoxy) is 1. The molecule has 13 heteroatoms. The summed E-state index contributed by atoms with van der Waals surface area (Å²) in [5, 5.41) is 11.9. The molecule has 0 saturated carbocycles. The van der Waals surface area contributed by atoms with Crippen molar-refractivity contribution in [3.63, 3.8) is 0 Å². The van der Waals surface area contributed by atoms with Gasteiger partial charge in [0.25, 0.3) is 0 Å². The van der Waals surface area contributed by atoms with Crippen molar-refractivity contribution in [1.29, 1.82) is 0 Å². The molecule has 0 aromatic carbocycles. The minimum Gasteiger partial charge on any atom is -0.478 e. The van der Waals surface area contributed by atoms with E-state index in [0.29, 0.717) is 15.3 Å². The monoisotopic (exact) mass is 514 g/mol. The maximum absolute atomic E-state index is 12.9. The molecule has 10 nitrogen and oxygen atoms in total. The summed E-state index contributed by atoms with van der Waals surface area (Å²) < 4.78 is 31.9. The van der Waals surface area contributed by atoms with Gasteiger partial charge in [-0.1, -0.05) is 11.6 Å². The van der Waals surface area contributed by atoms with Crippen molar-refractivity contribution in [2.75, 3.05) is 12.8 Å². The topological polar surface area (TPSA) is 138 Å². The fraction of sp³-hybridized carbons (Fsp3) is 0.400. The average molecular weight is 515 g/mol. The number of rotatable bonds is 3. The molecule has 0 radical (unpaired) electrons. The number of alkyl carbamates (subject to hydrolysis) is 1. The lowest BCUT2D eigenvalue weighted by Gasteiger charge is -2.35. The van der Waals surface area contributed by atoms with Crippen LogP contribution in [0.2, 0.25) is 5.02 Å². The van der Waals surface area contributed by atoms with E-state index < -0.39 is 33.2 Å². The first kappa shape index (κ1) is 24.9. The summed E-state index contributed by atoms with van der Waals surface area (Å²) in [6, 6.07) is 3.06. The number of amides is 1. The molecule has 3 rings (SSSR count). The summed E-state index contributed by atoms with van der Waals surface area (Å²) in [5.74, 6) is -1.70. The van der Waals surface area contributed by atoms with Gasteiger partial charge in [0.15, 0.2) is 0 Å². The van der Waals surface area contributed by atoms with Crippen molar-refractivity contribution >= 4 is 51.0 Å². The Kier molecular flexibility index (Phi) is 6.48. The molecule has 1 unspecified atom stereocenters. The Balaban J connectivity index is 2.03. The minimum atomic E-state index is -3.86. The highest BCUT2D eigenvalue weighted by Crippen LogP contribution is 2.44. The number of carboxylic acid groups (broad SMARTS) is 1. The number of halogens is 1. The molecule has 0 bridgehead atoms. The maximum Gasteiger partial charge on any atom is 0.414 e. The number of nitrogens with one attached hydrogen (secondary N) is 1. The number of carbonyl (C=O) groups is 2. The van der Waals surface area contributed by atoms with Crippen molar-refractivity contribution in [3.05, 3.63) is 40.0 Å². The second-order valence-electron chi connectivity index (χ2n) is 8.62. The third-order valence-corrected chi connectivity index (χ3v) is 8.37. The van der Waals surface area contributed by atoms with E-state index in [0.717, 1.165) is 4.31 Å². The Bertz CT molecular complexity index is 1250. The molecule has 0 saturated heterocycles. The van der Waals surface area contributed by atoms with Gasteiger partial charge in [-0.25, -0.2) is 27.3 Å². The number of hydrogen-bond donors (Lipinski definition) is 2. The van der Waals surface area contributed by atoms with Crippen LogP contribution in [0.1, 0.15) is 42.9 Å². The van der Waals surface area contributed by atoms with Crippen LogP contribution in [0.3, 0.4) is 0 Å². The first-order chi connectivity index (χ1) is 15.1. The third-order valence-electron chi connectivity index (χ3n) is 4.59. The van der Waals surface area contributed by atoms with Crippen LogP contribution in [-0.2, 0) is 20.3 Å². The molecule has 1 amide bonds. The summed E-state index contributed by atoms with van der Waals surface area (Å²) in [7, 11) is -2.57. The quantitative estimate of drug-likeness (QED) is 0.638. The maximum atomic E-state index is 12.9.